The molecular weight excluding hydrogens is 668 g/mol. The van der Waals surface area contributed by atoms with Crippen LogP contribution in [0.3, 0.4) is 0 Å². The molecule has 3 rings (SSSR count). The summed E-state index contributed by atoms with van der Waals surface area (Å²) in [4.78, 5) is 96.9. The zero-order valence-corrected chi connectivity index (χ0v) is 31.5. The third kappa shape index (κ3) is 11.3. The van der Waals surface area contributed by atoms with E-state index in [9.17, 15) is 33.6 Å². The highest BCUT2D eigenvalue weighted by Crippen LogP contribution is 2.19. The number of nitrogens with one attached hydrogen (secondary N) is 8. The van der Waals surface area contributed by atoms with E-state index in [1.54, 1.807) is 40.8 Å². The van der Waals surface area contributed by atoms with E-state index in [1.165, 1.54) is 13.8 Å². The zero-order chi connectivity index (χ0) is 38.7. The number of benzene rings is 1. The molecule has 1 saturated heterocycles. The van der Waals surface area contributed by atoms with Crippen LogP contribution in [0.25, 0.3) is 10.9 Å². The Balaban J connectivity index is 1.93. The van der Waals surface area contributed by atoms with Crippen molar-refractivity contribution in [1.29, 1.82) is 0 Å². The fourth-order valence-corrected chi connectivity index (χ4v) is 5.89. The average molecular weight is 725 g/mol. The standard InChI is InChI=1S/C37H56N8O7/c1-9-21(6)31-37(52)44-29(19(2)3)35(50)41-23(8)32(47)42-27(17-24-18-39-26-14-11-10-13-25(24)26)34(49)38-16-12-15-28(46)40-22(7)33(48)43-30(20(4)5)36(51)45-31/h10-11,13-14,18-23,27,29-31,39H,9,12,15-17H2,1-8H3,(H,38,49)(H,40,46)(H,41,50)(H,42,47)(H,43,48)(H,44,52)(H,45,51). The van der Waals surface area contributed by atoms with Crippen LogP contribution in [0.5, 0.6) is 0 Å². The minimum Gasteiger partial charge on any atom is -0.361 e. The van der Waals surface area contributed by atoms with Gasteiger partial charge in [-0.3, -0.25) is 33.6 Å². The number of amides is 7. The largest absolute Gasteiger partial charge is 0.361 e. The molecule has 2 aromatic rings. The number of fused-ring (bicyclic) bond motifs is 1. The number of hydrogen-bond acceptors (Lipinski definition) is 7. The van der Waals surface area contributed by atoms with Crippen molar-refractivity contribution in [3.63, 3.8) is 0 Å². The molecule has 0 aliphatic carbocycles. The molecule has 8 N–H and O–H groups in total. The van der Waals surface area contributed by atoms with E-state index in [2.05, 4.69) is 42.2 Å². The van der Waals surface area contributed by atoms with Crippen molar-refractivity contribution < 1.29 is 33.6 Å². The molecule has 0 saturated carbocycles. The number of aromatic nitrogens is 1. The molecule has 0 spiro atoms. The van der Waals surface area contributed by atoms with Crippen molar-refractivity contribution in [1.82, 2.24) is 42.2 Å². The topological polar surface area (TPSA) is 219 Å². The summed E-state index contributed by atoms with van der Waals surface area (Å²) in [6.45, 7) is 13.7. The van der Waals surface area contributed by atoms with Crippen LogP contribution in [-0.2, 0) is 40.0 Å². The van der Waals surface area contributed by atoms with Crippen LogP contribution in [0.4, 0.5) is 0 Å². The Bertz CT molecular complexity index is 1610. The quantitative estimate of drug-likeness (QED) is 0.215. The minimum absolute atomic E-state index is 0.00273. The van der Waals surface area contributed by atoms with Gasteiger partial charge in [0.05, 0.1) is 0 Å². The summed E-state index contributed by atoms with van der Waals surface area (Å²) in [5.74, 6) is -5.03. The average Bonchev–Trinajstić information content (AvgIpc) is 3.50. The summed E-state index contributed by atoms with van der Waals surface area (Å²) in [6, 6.07) is 1.33. The van der Waals surface area contributed by atoms with Gasteiger partial charge in [-0.2, -0.15) is 0 Å². The smallest absolute Gasteiger partial charge is 0.243 e. The monoisotopic (exact) mass is 724 g/mol. The van der Waals surface area contributed by atoms with Gasteiger partial charge in [-0.15, -0.1) is 0 Å². The van der Waals surface area contributed by atoms with Crippen LogP contribution in [0.2, 0.25) is 0 Å². The summed E-state index contributed by atoms with van der Waals surface area (Å²) in [5.41, 5.74) is 1.66. The molecule has 1 aliphatic rings. The Kier molecular flexibility index (Phi) is 15.2. The van der Waals surface area contributed by atoms with E-state index >= 15 is 0 Å². The van der Waals surface area contributed by atoms with Crippen molar-refractivity contribution >= 4 is 52.3 Å². The van der Waals surface area contributed by atoms with Crippen molar-refractivity contribution in [2.75, 3.05) is 6.54 Å². The highest BCUT2D eigenvalue weighted by molar-refractivity contribution is 5.97. The normalized spacial score (nSPS) is 26.1. The fourth-order valence-electron chi connectivity index (χ4n) is 5.89. The van der Waals surface area contributed by atoms with Gasteiger partial charge < -0.3 is 42.2 Å². The molecule has 52 heavy (non-hydrogen) atoms. The molecule has 286 valence electrons. The van der Waals surface area contributed by atoms with Crippen molar-refractivity contribution in [3.8, 4) is 0 Å². The van der Waals surface area contributed by atoms with Crippen molar-refractivity contribution in [2.24, 2.45) is 17.8 Å². The molecule has 1 aromatic carbocycles. The lowest BCUT2D eigenvalue weighted by atomic mass is 9.95. The van der Waals surface area contributed by atoms with Gasteiger partial charge in [0.15, 0.2) is 0 Å². The first-order chi connectivity index (χ1) is 24.5. The van der Waals surface area contributed by atoms with Gasteiger partial charge in [0, 0.05) is 36.5 Å². The number of para-hydroxylation sites is 1. The first-order valence-electron chi connectivity index (χ1n) is 18.2. The summed E-state index contributed by atoms with van der Waals surface area (Å²) in [6.07, 6.45) is 2.67. The summed E-state index contributed by atoms with van der Waals surface area (Å²) in [5, 5.41) is 20.0. The molecule has 1 aromatic heterocycles. The van der Waals surface area contributed by atoms with Gasteiger partial charge in [0.25, 0.3) is 0 Å². The maximum Gasteiger partial charge on any atom is 0.243 e. The Labute approximate surface area is 305 Å². The first kappa shape index (κ1) is 41.5. The van der Waals surface area contributed by atoms with Gasteiger partial charge in [-0.05, 0) is 49.7 Å². The number of rotatable bonds is 6. The summed E-state index contributed by atoms with van der Waals surface area (Å²) in [7, 11) is 0. The van der Waals surface area contributed by atoms with Crippen LogP contribution < -0.4 is 37.2 Å². The molecule has 15 heteroatoms. The Morgan fingerprint density at radius 1 is 0.654 bits per heavy atom. The first-order valence-corrected chi connectivity index (χ1v) is 18.2. The molecule has 7 unspecified atom stereocenters. The number of carbonyl (C=O) groups is 7. The third-order valence-electron chi connectivity index (χ3n) is 9.42. The highest BCUT2D eigenvalue weighted by atomic mass is 16.2. The molecule has 1 fully saturated rings. The third-order valence-corrected chi connectivity index (χ3v) is 9.42. The van der Waals surface area contributed by atoms with Gasteiger partial charge >= 0.3 is 0 Å². The van der Waals surface area contributed by atoms with Crippen LogP contribution in [-0.4, -0.2) is 89.1 Å². The van der Waals surface area contributed by atoms with E-state index in [-0.39, 0.29) is 37.6 Å². The summed E-state index contributed by atoms with van der Waals surface area (Å²) < 4.78 is 0. The maximum atomic E-state index is 13.7. The van der Waals surface area contributed by atoms with Gasteiger partial charge in [-0.1, -0.05) is 66.2 Å². The van der Waals surface area contributed by atoms with Gasteiger partial charge in [0.2, 0.25) is 41.4 Å². The van der Waals surface area contributed by atoms with Gasteiger partial charge in [-0.25, -0.2) is 0 Å². The number of H-pyrrole nitrogens is 1. The minimum atomic E-state index is -1.09. The number of aromatic amines is 1. The van der Waals surface area contributed by atoms with Crippen molar-refractivity contribution in [2.45, 2.75) is 117 Å². The van der Waals surface area contributed by atoms with Crippen LogP contribution in [0.1, 0.15) is 80.2 Å². The predicted octanol–water partition coefficient (Wildman–Crippen LogP) is 0.927. The van der Waals surface area contributed by atoms with E-state index in [0.29, 0.717) is 6.42 Å². The molecule has 0 radical (unpaired) electrons. The Hall–Kier alpha value is -4.95. The van der Waals surface area contributed by atoms with E-state index in [4.69, 9.17) is 0 Å². The van der Waals surface area contributed by atoms with Crippen LogP contribution in [0, 0.1) is 17.8 Å². The van der Waals surface area contributed by atoms with E-state index in [1.807, 2.05) is 31.2 Å². The molecular formula is C37H56N8O7. The maximum absolute atomic E-state index is 13.7. The summed E-state index contributed by atoms with van der Waals surface area (Å²) >= 11 is 0. The molecule has 7 amide bonds. The predicted molar refractivity (Wildman–Crippen MR) is 196 cm³/mol. The van der Waals surface area contributed by atoms with Gasteiger partial charge in [0.1, 0.15) is 36.3 Å². The Morgan fingerprint density at radius 3 is 1.83 bits per heavy atom. The Morgan fingerprint density at radius 2 is 1.19 bits per heavy atom. The lowest BCUT2D eigenvalue weighted by Gasteiger charge is -2.31. The lowest BCUT2D eigenvalue weighted by Crippen LogP contribution is -2.61. The lowest BCUT2D eigenvalue weighted by molar-refractivity contribution is -0.136. The molecule has 15 nitrogen and oxygen atoms in total. The fraction of sp³-hybridized carbons (Fsp3) is 0.595. The second-order valence-electron chi connectivity index (χ2n) is 14.4. The molecule has 7 atom stereocenters. The van der Waals surface area contributed by atoms with Crippen LogP contribution in [0.15, 0.2) is 30.5 Å². The van der Waals surface area contributed by atoms with Crippen molar-refractivity contribution in [3.05, 3.63) is 36.0 Å². The second kappa shape index (κ2) is 19.0. The van der Waals surface area contributed by atoms with E-state index < -0.39 is 83.5 Å². The zero-order valence-electron chi connectivity index (χ0n) is 31.5. The number of carbonyl (C=O) groups excluding carboxylic acids is 7. The number of hydrogen-bond donors (Lipinski definition) is 8. The van der Waals surface area contributed by atoms with E-state index in [0.717, 1.165) is 16.5 Å². The molecule has 2 heterocycles. The molecule has 0 bridgehead atoms. The highest BCUT2D eigenvalue weighted by Gasteiger charge is 2.35. The van der Waals surface area contributed by atoms with Crippen LogP contribution >= 0.6 is 0 Å². The SMILES string of the molecule is CCC(C)C1NC(=O)C(C(C)C)NC(=O)C(C)NC(=O)CCCNC(=O)C(Cc2c[nH]c3ccccc23)NC(=O)C(C)NC(=O)C(C(C)C)NC1=O. The second-order valence-corrected chi connectivity index (χ2v) is 14.4. The molecule has 1 aliphatic heterocycles.